The number of ether oxygens (including phenoxy) is 1. The molecule has 2 aromatic heterocycles. The smallest absolute Gasteiger partial charge is 0.345 e. The molecular formula is C21H16F4N2O3S. The van der Waals surface area contributed by atoms with Crippen LogP contribution in [0.5, 0.6) is 5.75 Å². The van der Waals surface area contributed by atoms with E-state index in [9.17, 15) is 27.5 Å². The Kier molecular flexibility index (Phi) is 5.34. The molecule has 0 aliphatic carbocycles. The quantitative estimate of drug-likeness (QED) is 0.526. The normalized spacial score (nSPS) is 14.9. The summed E-state index contributed by atoms with van der Waals surface area (Å²) in [5.74, 6) is -5.19. The number of carboxylic acids is 1. The van der Waals surface area contributed by atoms with Gasteiger partial charge in [-0.05, 0) is 30.7 Å². The molecule has 0 saturated carbocycles. The summed E-state index contributed by atoms with van der Waals surface area (Å²) >= 11 is 1.07. The third-order valence-electron chi connectivity index (χ3n) is 4.75. The van der Waals surface area contributed by atoms with Crippen molar-refractivity contribution >= 4 is 23.0 Å². The standard InChI is InChI=1S/C21H16F4N2O3S/c1-11-16(6-18(31-11)20(28)29)19-17(30-8-12-2-13(22)4-14(23)3-12)5-15(7-26-19)27-9-21(24,25)10-27/h2-7H,8-10H2,1H3,(H,28,29). The van der Waals surface area contributed by atoms with Crippen LogP contribution in [0.25, 0.3) is 11.3 Å². The molecule has 0 unspecified atom stereocenters. The van der Waals surface area contributed by atoms with E-state index in [1.165, 1.54) is 23.2 Å². The van der Waals surface area contributed by atoms with Crippen LogP contribution in [0.4, 0.5) is 23.2 Å². The van der Waals surface area contributed by atoms with Crippen molar-refractivity contribution in [2.45, 2.75) is 19.5 Å². The van der Waals surface area contributed by atoms with Crippen molar-refractivity contribution < 1.29 is 32.2 Å². The number of hydrogen-bond donors (Lipinski definition) is 1. The van der Waals surface area contributed by atoms with Gasteiger partial charge >= 0.3 is 5.97 Å². The average Bonchev–Trinajstić information content (AvgIpc) is 3.05. The largest absolute Gasteiger partial charge is 0.487 e. The van der Waals surface area contributed by atoms with E-state index in [0.29, 0.717) is 21.8 Å². The van der Waals surface area contributed by atoms with E-state index in [-0.39, 0.29) is 22.8 Å². The predicted molar refractivity (Wildman–Crippen MR) is 107 cm³/mol. The molecule has 1 saturated heterocycles. The van der Waals surface area contributed by atoms with Gasteiger partial charge in [0, 0.05) is 22.6 Å². The number of anilines is 1. The summed E-state index contributed by atoms with van der Waals surface area (Å²) in [4.78, 5) is 17.9. The molecule has 10 heteroatoms. The first-order chi connectivity index (χ1) is 14.6. The van der Waals surface area contributed by atoms with Gasteiger partial charge in [-0.15, -0.1) is 11.3 Å². The van der Waals surface area contributed by atoms with Crippen molar-refractivity contribution in [1.82, 2.24) is 4.98 Å². The maximum Gasteiger partial charge on any atom is 0.345 e. The van der Waals surface area contributed by atoms with E-state index in [4.69, 9.17) is 4.74 Å². The van der Waals surface area contributed by atoms with Gasteiger partial charge in [0.1, 0.15) is 34.6 Å². The number of hydrogen-bond acceptors (Lipinski definition) is 5. The maximum atomic E-state index is 13.5. The summed E-state index contributed by atoms with van der Waals surface area (Å²) in [5, 5.41) is 9.26. The van der Waals surface area contributed by atoms with Crippen LogP contribution in [0.3, 0.4) is 0 Å². The zero-order valence-corrected chi connectivity index (χ0v) is 17.0. The second kappa shape index (κ2) is 7.84. The molecule has 1 N–H and O–H groups in total. The molecule has 1 aliphatic heterocycles. The van der Waals surface area contributed by atoms with Gasteiger partial charge in [-0.1, -0.05) is 0 Å². The molecule has 4 rings (SSSR count). The molecule has 0 spiro atoms. The molecule has 0 radical (unpaired) electrons. The van der Waals surface area contributed by atoms with Crippen LogP contribution < -0.4 is 9.64 Å². The van der Waals surface area contributed by atoms with Crippen molar-refractivity contribution in [1.29, 1.82) is 0 Å². The van der Waals surface area contributed by atoms with Crippen LogP contribution in [0.2, 0.25) is 0 Å². The zero-order chi connectivity index (χ0) is 22.3. The van der Waals surface area contributed by atoms with E-state index >= 15 is 0 Å². The summed E-state index contributed by atoms with van der Waals surface area (Å²) in [6.45, 7) is 0.619. The Balaban J connectivity index is 1.69. The number of halogens is 4. The number of rotatable bonds is 6. The number of pyridine rings is 1. The van der Waals surface area contributed by atoms with Crippen LogP contribution in [0.15, 0.2) is 36.5 Å². The predicted octanol–water partition coefficient (Wildman–Crippen LogP) is 5.13. The Hall–Kier alpha value is -3.14. The SMILES string of the molecule is Cc1sc(C(=O)O)cc1-c1ncc(N2CC(F)(F)C2)cc1OCc1cc(F)cc(F)c1. The summed E-state index contributed by atoms with van der Waals surface area (Å²) < 4.78 is 59.3. The van der Waals surface area contributed by atoms with Crippen molar-refractivity contribution in [2.75, 3.05) is 18.0 Å². The number of carbonyl (C=O) groups is 1. The first-order valence-corrected chi connectivity index (χ1v) is 9.98. The number of nitrogens with zero attached hydrogens (tertiary/aromatic N) is 2. The number of aromatic nitrogens is 1. The molecule has 0 amide bonds. The molecule has 162 valence electrons. The molecule has 1 aliphatic rings. The zero-order valence-electron chi connectivity index (χ0n) is 16.2. The third kappa shape index (κ3) is 4.48. The van der Waals surface area contributed by atoms with Gasteiger partial charge < -0.3 is 14.7 Å². The Morgan fingerprint density at radius 1 is 1.19 bits per heavy atom. The van der Waals surface area contributed by atoms with Gasteiger partial charge in [0.15, 0.2) is 0 Å². The second-order valence-corrected chi connectivity index (χ2v) is 8.46. The van der Waals surface area contributed by atoms with Crippen LogP contribution in [0, 0.1) is 18.6 Å². The van der Waals surface area contributed by atoms with Gasteiger partial charge in [-0.3, -0.25) is 4.98 Å². The lowest BCUT2D eigenvalue weighted by molar-refractivity contribution is -0.0263. The van der Waals surface area contributed by atoms with E-state index in [0.717, 1.165) is 29.5 Å². The summed E-state index contributed by atoms with van der Waals surface area (Å²) in [7, 11) is 0. The fourth-order valence-corrected chi connectivity index (χ4v) is 4.15. The van der Waals surface area contributed by atoms with Crippen LogP contribution in [-0.2, 0) is 6.61 Å². The molecule has 3 aromatic rings. The number of benzene rings is 1. The lowest BCUT2D eigenvalue weighted by Gasteiger charge is -2.40. The van der Waals surface area contributed by atoms with Gasteiger partial charge in [0.2, 0.25) is 0 Å². The number of alkyl halides is 2. The molecule has 3 heterocycles. The van der Waals surface area contributed by atoms with Gasteiger partial charge in [-0.25, -0.2) is 22.4 Å². The fraction of sp³-hybridized carbons (Fsp3) is 0.238. The monoisotopic (exact) mass is 452 g/mol. The highest BCUT2D eigenvalue weighted by Gasteiger charge is 2.44. The minimum atomic E-state index is -2.78. The number of carboxylic acid groups (broad SMARTS) is 1. The molecule has 0 bridgehead atoms. The molecule has 31 heavy (non-hydrogen) atoms. The molecule has 5 nitrogen and oxygen atoms in total. The second-order valence-electron chi connectivity index (χ2n) is 7.20. The van der Waals surface area contributed by atoms with E-state index in [1.807, 2.05) is 0 Å². The fourth-order valence-electron chi connectivity index (χ4n) is 3.29. The Bertz CT molecular complexity index is 1140. The van der Waals surface area contributed by atoms with Gasteiger partial charge in [0.05, 0.1) is 25.0 Å². The van der Waals surface area contributed by atoms with Crippen molar-refractivity contribution in [2.24, 2.45) is 0 Å². The maximum absolute atomic E-state index is 13.5. The lowest BCUT2D eigenvalue weighted by Crippen LogP contribution is -2.56. The summed E-state index contributed by atoms with van der Waals surface area (Å²) in [5.41, 5.74) is 1.47. The molecule has 0 atom stereocenters. The minimum absolute atomic E-state index is 0.110. The highest BCUT2D eigenvalue weighted by molar-refractivity contribution is 7.14. The highest BCUT2D eigenvalue weighted by Crippen LogP contribution is 2.39. The number of aryl methyl sites for hydroxylation is 1. The molecule has 1 aromatic carbocycles. The first-order valence-electron chi connectivity index (χ1n) is 9.16. The van der Waals surface area contributed by atoms with E-state index < -0.39 is 36.6 Å². The topological polar surface area (TPSA) is 62.7 Å². The summed E-state index contributed by atoms with van der Waals surface area (Å²) in [6.07, 6.45) is 1.41. The highest BCUT2D eigenvalue weighted by atomic mass is 32.1. The third-order valence-corrected chi connectivity index (χ3v) is 5.79. The Labute approximate surface area is 178 Å². The van der Waals surface area contributed by atoms with Crippen molar-refractivity contribution in [3.8, 4) is 17.0 Å². The van der Waals surface area contributed by atoms with Crippen LogP contribution >= 0.6 is 11.3 Å². The lowest BCUT2D eigenvalue weighted by atomic mass is 10.1. The first kappa shape index (κ1) is 21.1. The number of aromatic carboxylic acids is 1. The molecule has 1 fully saturated rings. The minimum Gasteiger partial charge on any atom is -0.487 e. The van der Waals surface area contributed by atoms with Crippen molar-refractivity contribution in [3.05, 3.63) is 63.5 Å². The van der Waals surface area contributed by atoms with Crippen molar-refractivity contribution in [3.63, 3.8) is 0 Å². The van der Waals surface area contributed by atoms with E-state index in [1.54, 1.807) is 6.92 Å². The Morgan fingerprint density at radius 3 is 2.45 bits per heavy atom. The van der Waals surface area contributed by atoms with Gasteiger partial charge in [-0.2, -0.15) is 0 Å². The molecular weight excluding hydrogens is 436 g/mol. The number of thiophene rings is 1. The summed E-state index contributed by atoms with van der Waals surface area (Å²) in [6, 6.07) is 5.95. The van der Waals surface area contributed by atoms with E-state index in [2.05, 4.69) is 4.98 Å². The van der Waals surface area contributed by atoms with Crippen LogP contribution in [0.1, 0.15) is 20.1 Å². The Morgan fingerprint density at radius 2 is 1.87 bits per heavy atom. The van der Waals surface area contributed by atoms with Gasteiger partial charge in [0.25, 0.3) is 5.92 Å². The van der Waals surface area contributed by atoms with Crippen LogP contribution in [-0.4, -0.2) is 35.1 Å². The average molecular weight is 452 g/mol.